The van der Waals surface area contributed by atoms with E-state index in [1.807, 2.05) is 24.3 Å². The van der Waals surface area contributed by atoms with Crippen LogP contribution in [0.1, 0.15) is 6.92 Å². The summed E-state index contributed by atoms with van der Waals surface area (Å²) in [6.45, 7) is 2.42. The van der Waals surface area contributed by atoms with E-state index in [1.165, 1.54) is 0 Å². The van der Waals surface area contributed by atoms with E-state index in [0.717, 1.165) is 5.75 Å². The molecule has 0 fully saturated rings. The molecular formula is C18H18ClNO4. The van der Waals surface area contributed by atoms with Gasteiger partial charge in [0.1, 0.15) is 18.5 Å². The minimum atomic E-state index is -0.639. The van der Waals surface area contributed by atoms with Crippen LogP contribution in [-0.4, -0.2) is 31.3 Å². The molecule has 2 aromatic carbocycles. The summed E-state index contributed by atoms with van der Waals surface area (Å²) in [7, 11) is 0. The molecule has 1 aliphatic heterocycles. The molecule has 1 amide bonds. The molecule has 3 rings (SSSR count). The van der Waals surface area contributed by atoms with Crippen LogP contribution in [0.2, 0.25) is 5.02 Å². The Bertz CT molecular complexity index is 722. The van der Waals surface area contributed by atoms with Gasteiger partial charge in [-0.15, -0.1) is 0 Å². The van der Waals surface area contributed by atoms with Gasteiger partial charge in [-0.2, -0.15) is 0 Å². The monoisotopic (exact) mass is 347 g/mol. The van der Waals surface area contributed by atoms with Gasteiger partial charge in [0.2, 0.25) is 0 Å². The van der Waals surface area contributed by atoms with E-state index in [4.69, 9.17) is 25.8 Å². The highest BCUT2D eigenvalue weighted by molar-refractivity contribution is 6.30. The van der Waals surface area contributed by atoms with Gasteiger partial charge in [-0.05, 0) is 37.3 Å². The van der Waals surface area contributed by atoms with Crippen molar-refractivity contribution in [1.82, 2.24) is 5.32 Å². The maximum Gasteiger partial charge on any atom is 0.260 e. The molecule has 126 valence electrons. The molecule has 0 spiro atoms. The van der Waals surface area contributed by atoms with E-state index in [9.17, 15) is 4.79 Å². The lowest BCUT2D eigenvalue weighted by molar-refractivity contribution is -0.127. The molecule has 5 nitrogen and oxygen atoms in total. The predicted octanol–water partition coefficient (Wildman–Crippen LogP) is 3.06. The van der Waals surface area contributed by atoms with Gasteiger partial charge in [-0.3, -0.25) is 4.79 Å². The fourth-order valence-electron chi connectivity index (χ4n) is 2.32. The van der Waals surface area contributed by atoms with Crippen LogP contribution in [0.5, 0.6) is 17.2 Å². The second-order valence-electron chi connectivity index (χ2n) is 5.46. The number of amides is 1. The zero-order valence-electron chi connectivity index (χ0n) is 13.2. The van der Waals surface area contributed by atoms with Gasteiger partial charge in [0, 0.05) is 5.02 Å². The summed E-state index contributed by atoms with van der Waals surface area (Å²) in [4.78, 5) is 12.2. The molecule has 2 atom stereocenters. The van der Waals surface area contributed by atoms with Crippen molar-refractivity contribution >= 4 is 17.5 Å². The van der Waals surface area contributed by atoms with Crippen LogP contribution in [0.15, 0.2) is 48.5 Å². The molecule has 0 radical (unpaired) electrons. The van der Waals surface area contributed by atoms with Crippen molar-refractivity contribution in [2.75, 3.05) is 13.2 Å². The fraction of sp³-hybridized carbons (Fsp3) is 0.278. The first-order chi connectivity index (χ1) is 11.6. The molecule has 2 unspecified atom stereocenters. The molecule has 0 saturated carbocycles. The number of hydrogen-bond acceptors (Lipinski definition) is 4. The van der Waals surface area contributed by atoms with E-state index in [0.29, 0.717) is 29.7 Å². The van der Waals surface area contributed by atoms with Crippen molar-refractivity contribution in [3.63, 3.8) is 0 Å². The quantitative estimate of drug-likeness (QED) is 0.903. The van der Waals surface area contributed by atoms with Crippen molar-refractivity contribution in [3.05, 3.63) is 53.6 Å². The van der Waals surface area contributed by atoms with E-state index in [-0.39, 0.29) is 12.0 Å². The Balaban J connectivity index is 1.49. The smallest absolute Gasteiger partial charge is 0.260 e. The van der Waals surface area contributed by atoms with Crippen molar-refractivity contribution < 1.29 is 19.0 Å². The average molecular weight is 348 g/mol. The SMILES string of the molecule is CC(Oc1cccc(Cl)c1)C(=O)NCC1COc2ccccc2O1. The Morgan fingerprint density at radius 1 is 1.29 bits per heavy atom. The van der Waals surface area contributed by atoms with Crippen molar-refractivity contribution in [1.29, 1.82) is 0 Å². The number of benzene rings is 2. The minimum Gasteiger partial charge on any atom is -0.486 e. The number of nitrogens with one attached hydrogen (secondary N) is 1. The third kappa shape index (κ3) is 4.11. The molecule has 0 aliphatic carbocycles. The summed E-state index contributed by atoms with van der Waals surface area (Å²) in [5.74, 6) is 1.73. The van der Waals surface area contributed by atoms with E-state index >= 15 is 0 Å². The van der Waals surface area contributed by atoms with Crippen molar-refractivity contribution in [3.8, 4) is 17.2 Å². The first kappa shape index (κ1) is 16.5. The first-order valence-corrected chi connectivity index (χ1v) is 8.08. The highest BCUT2D eigenvalue weighted by atomic mass is 35.5. The number of ether oxygens (including phenoxy) is 3. The number of hydrogen-bond donors (Lipinski definition) is 1. The fourth-order valence-corrected chi connectivity index (χ4v) is 2.50. The van der Waals surface area contributed by atoms with Crippen molar-refractivity contribution in [2.24, 2.45) is 0 Å². The Morgan fingerprint density at radius 2 is 2.08 bits per heavy atom. The van der Waals surface area contributed by atoms with Crippen molar-refractivity contribution in [2.45, 2.75) is 19.1 Å². The van der Waals surface area contributed by atoms with Crippen LogP contribution in [0.4, 0.5) is 0 Å². The summed E-state index contributed by atoms with van der Waals surface area (Å²) < 4.78 is 17.0. The highest BCUT2D eigenvalue weighted by Gasteiger charge is 2.22. The molecule has 6 heteroatoms. The number of rotatable bonds is 5. The van der Waals surface area contributed by atoms with Crippen LogP contribution in [0.3, 0.4) is 0 Å². The van der Waals surface area contributed by atoms with Crippen LogP contribution < -0.4 is 19.5 Å². The largest absolute Gasteiger partial charge is 0.486 e. The molecule has 0 saturated heterocycles. The molecule has 0 bridgehead atoms. The minimum absolute atomic E-state index is 0.225. The summed E-state index contributed by atoms with van der Waals surface area (Å²) in [5, 5.41) is 3.38. The topological polar surface area (TPSA) is 56.8 Å². The summed E-state index contributed by atoms with van der Waals surface area (Å²) in [6, 6.07) is 14.4. The highest BCUT2D eigenvalue weighted by Crippen LogP contribution is 2.30. The van der Waals surface area contributed by atoms with Crippen LogP contribution in [0, 0.1) is 0 Å². The van der Waals surface area contributed by atoms with E-state index in [1.54, 1.807) is 31.2 Å². The maximum atomic E-state index is 12.2. The molecule has 0 aromatic heterocycles. The number of carbonyl (C=O) groups is 1. The second-order valence-corrected chi connectivity index (χ2v) is 5.90. The lowest BCUT2D eigenvalue weighted by atomic mass is 10.2. The molecular weight excluding hydrogens is 330 g/mol. The van der Waals surface area contributed by atoms with Gasteiger partial charge < -0.3 is 19.5 Å². The third-order valence-corrected chi connectivity index (χ3v) is 3.78. The van der Waals surface area contributed by atoms with Gasteiger partial charge in [0.05, 0.1) is 6.54 Å². The molecule has 24 heavy (non-hydrogen) atoms. The standard InChI is InChI=1S/C18H18ClNO4/c1-12(23-14-6-4-5-13(19)9-14)18(21)20-10-15-11-22-16-7-2-3-8-17(16)24-15/h2-9,12,15H,10-11H2,1H3,(H,20,21). The van der Waals surface area contributed by atoms with Gasteiger partial charge >= 0.3 is 0 Å². The maximum absolute atomic E-state index is 12.2. The number of carbonyl (C=O) groups excluding carboxylic acids is 1. The van der Waals surface area contributed by atoms with Crippen LogP contribution >= 0.6 is 11.6 Å². The molecule has 1 heterocycles. The predicted molar refractivity (Wildman–Crippen MR) is 90.9 cm³/mol. The summed E-state index contributed by atoms with van der Waals surface area (Å²) >= 11 is 5.90. The molecule has 1 aliphatic rings. The van der Waals surface area contributed by atoms with Gasteiger partial charge in [-0.25, -0.2) is 0 Å². The Hall–Kier alpha value is -2.40. The third-order valence-electron chi connectivity index (χ3n) is 3.55. The number of fused-ring (bicyclic) bond motifs is 1. The van der Waals surface area contributed by atoms with E-state index in [2.05, 4.69) is 5.32 Å². The van der Waals surface area contributed by atoms with Gasteiger partial charge in [-0.1, -0.05) is 29.8 Å². The van der Waals surface area contributed by atoms with Crippen LogP contribution in [0.25, 0.3) is 0 Å². The second kappa shape index (κ2) is 7.45. The zero-order valence-corrected chi connectivity index (χ0v) is 14.0. The normalized spacial score (nSPS) is 17.0. The lowest BCUT2D eigenvalue weighted by Gasteiger charge is -2.27. The zero-order chi connectivity index (χ0) is 16.9. The summed E-state index contributed by atoms with van der Waals surface area (Å²) in [5.41, 5.74) is 0. The average Bonchev–Trinajstić information content (AvgIpc) is 2.59. The molecule has 2 aromatic rings. The van der Waals surface area contributed by atoms with Gasteiger partial charge in [0.25, 0.3) is 5.91 Å². The Kier molecular flexibility index (Phi) is 5.11. The van der Waals surface area contributed by atoms with E-state index < -0.39 is 6.10 Å². The van der Waals surface area contributed by atoms with Crippen LogP contribution in [-0.2, 0) is 4.79 Å². The first-order valence-electron chi connectivity index (χ1n) is 7.70. The summed E-state index contributed by atoms with van der Waals surface area (Å²) in [6.07, 6.45) is -0.873. The number of halogens is 1. The Morgan fingerprint density at radius 3 is 2.88 bits per heavy atom. The lowest BCUT2D eigenvalue weighted by Crippen LogP contribution is -2.44. The molecule has 1 N–H and O–H groups in total. The number of para-hydroxylation sites is 2. The Labute approximate surface area is 145 Å². The van der Waals surface area contributed by atoms with Gasteiger partial charge in [0.15, 0.2) is 17.6 Å².